The summed E-state index contributed by atoms with van der Waals surface area (Å²) in [6.07, 6.45) is 0. The van der Waals surface area contributed by atoms with Crippen LogP contribution in [0.2, 0.25) is 0 Å². The smallest absolute Gasteiger partial charge is 0.0439 e. The first-order chi connectivity index (χ1) is 12.1. The Labute approximate surface area is 153 Å². The molecule has 3 aromatic carbocycles. The van der Waals surface area contributed by atoms with Gasteiger partial charge in [-0.15, -0.1) is 11.3 Å². The molecule has 1 aromatic heterocycles. The number of fused-ring (bicyclic) bond motifs is 1. The fraction of sp³-hybridized carbons (Fsp3) is 0.167. The summed E-state index contributed by atoms with van der Waals surface area (Å²) in [6, 6.07) is 22.0. The molecule has 0 saturated carbocycles. The van der Waals surface area contributed by atoms with E-state index in [0.717, 1.165) is 0 Å². The molecule has 4 aromatic rings. The Kier molecular flexibility index (Phi) is 3.97. The Morgan fingerprint density at radius 1 is 0.520 bits per heavy atom. The maximum Gasteiger partial charge on any atom is 0.0439 e. The van der Waals surface area contributed by atoms with Crippen LogP contribution in [-0.2, 0) is 0 Å². The van der Waals surface area contributed by atoms with Crippen molar-refractivity contribution < 1.29 is 0 Å². The minimum absolute atomic E-state index is 1.34. The van der Waals surface area contributed by atoms with Crippen molar-refractivity contribution in [3.05, 3.63) is 82.9 Å². The van der Waals surface area contributed by atoms with Gasteiger partial charge >= 0.3 is 0 Å². The lowest BCUT2D eigenvalue weighted by molar-refractivity contribution is 1.37. The van der Waals surface area contributed by atoms with Crippen molar-refractivity contribution >= 4 is 21.4 Å². The SMILES string of the molecule is Cc1cccc(C)c1-c1sc2ccccc2c1-c1c(C)cccc1C. The average molecular weight is 343 g/mol. The topological polar surface area (TPSA) is 0 Å². The molecule has 25 heavy (non-hydrogen) atoms. The monoisotopic (exact) mass is 342 g/mol. The first-order valence-electron chi connectivity index (χ1n) is 8.72. The number of aryl methyl sites for hydroxylation is 4. The fourth-order valence-electron chi connectivity index (χ4n) is 3.85. The standard InChI is InChI=1S/C24H22S/c1-15-9-7-10-16(2)21(15)23-19-13-5-6-14-20(19)25-24(23)22-17(3)11-8-12-18(22)4/h5-14H,1-4H3. The lowest BCUT2D eigenvalue weighted by Crippen LogP contribution is -1.91. The molecule has 0 amide bonds. The average Bonchev–Trinajstić information content (AvgIpc) is 2.94. The van der Waals surface area contributed by atoms with Crippen LogP contribution >= 0.6 is 11.3 Å². The molecule has 0 atom stereocenters. The summed E-state index contributed by atoms with van der Waals surface area (Å²) in [5, 5.41) is 1.36. The second kappa shape index (κ2) is 6.16. The predicted octanol–water partition coefficient (Wildman–Crippen LogP) is 7.47. The lowest BCUT2D eigenvalue weighted by Gasteiger charge is -2.15. The van der Waals surface area contributed by atoms with Gasteiger partial charge < -0.3 is 0 Å². The summed E-state index contributed by atoms with van der Waals surface area (Å²) < 4.78 is 1.36. The Morgan fingerprint density at radius 3 is 1.64 bits per heavy atom. The van der Waals surface area contributed by atoms with Crippen LogP contribution < -0.4 is 0 Å². The van der Waals surface area contributed by atoms with E-state index >= 15 is 0 Å². The Bertz CT molecular complexity index is 1040. The zero-order valence-corrected chi connectivity index (χ0v) is 16.0. The molecule has 124 valence electrons. The highest BCUT2D eigenvalue weighted by Gasteiger charge is 2.20. The number of rotatable bonds is 2. The molecule has 0 N–H and O–H groups in total. The van der Waals surface area contributed by atoms with Gasteiger partial charge in [0, 0.05) is 20.5 Å². The first kappa shape index (κ1) is 16.1. The van der Waals surface area contributed by atoms with Gasteiger partial charge in [-0.25, -0.2) is 0 Å². The summed E-state index contributed by atoms with van der Waals surface area (Å²) in [5.74, 6) is 0. The van der Waals surface area contributed by atoms with Crippen LogP contribution in [0.4, 0.5) is 0 Å². The zero-order valence-electron chi connectivity index (χ0n) is 15.2. The van der Waals surface area contributed by atoms with Gasteiger partial charge in [0.25, 0.3) is 0 Å². The lowest BCUT2D eigenvalue weighted by atomic mass is 9.90. The third kappa shape index (κ3) is 2.60. The van der Waals surface area contributed by atoms with Crippen LogP contribution in [0, 0.1) is 27.7 Å². The summed E-state index contributed by atoms with van der Waals surface area (Å²) in [6.45, 7) is 8.90. The second-order valence-corrected chi connectivity index (χ2v) is 7.89. The highest BCUT2D eigenvalue weighted by Crippen LogP contribution is 2.48. The minimum Gasteiger partial charge on any atom is -0.135 e. The van der Waals surface area contributed by atoms with Gasteiger partial charge in [-0.2, -0.15) is 0 Å². The van der Waals surface area contributed by atoms with Crippen molar-refractivity contribution in [3.63, 3.8) is 0 Å². The molecule has 1 heterocycles. The highest BCUT2D eigenvalue weighted by atomic mass is 32.1. The number of hydrogen-bond acceptors (Lipinski definition) is 1. The van der Waals surface area contributed by atoms with Crippen molar-refractivity contribution in [1.82, 2.24) is 0 Å². The number of hydrogen-bond donors (Lipinski definition) is 0. The van der Waals surface area contributed by atoms with Crippen molar-refractivity contribution in [2.75, 3.05) is 0 Å². The van der Waals surface area contributed by atoms with Gasteiger partial charge in [-0.05, 0) is 67.1 Å². The third-order valence-corrected chi connectivity index (χ3v) is 6.22. The van der Waals surface area contributed by atoms with E-state index in [1.54, 1.807) is 0 Å². The number of thiophene rings is 1. The van der Waals surface area contributed by atoms with E-state index in [4.69, 9.17) is 0 Å². The summed E-state index contributed by atoms with van der Waals surface area (Å²) in [5.41, 5.74) is 9.55. The van der Waals surface area contributed by atoms with Gasteiger partial charge in [0.1, 0.15) is 0 Å². The van der Waals surface area contributed by atoms with Crippen LogP contribution in [0.15, 0.2) is 60.7 Å². The van der Waals surface area contributed by atoms with Gasteiger partial charge in [-0.3, -0.25) is 0 Å². The van der Waals surface area contributed by atoms with Crippen LogP contribution in [0.5, 0.6) is 0 Å². The minimum atomic E-state index is 1.34. The zero-order chi connectivity index (χ0) is 17.6. The van der Waals surface area contributed by atoms with Crippen molar-refractivity contribution in [2.45, 2.75) is 27.7 Å². The van der Waals surface area contributed by atoms with Gasteiger partial charge in [0.05, 0.1) is 0 Å². The van der Waals surface area contributed by atoms with Crippen LogP contribution in [0.25, 0.3) is 31.7 Å². The molecule has 0 fully saturated rings. The van der Waals surface area contributed by atoms with E-state index in [1.807, 2.05) is 11.3 Å². The molecule has 0 nitrogen and oxygen atoms in total. The summed E-state index contributed by atoms with van der Waals surface area (Å²) in [7, 11) is 0. The molecule has 4 rings (SSSR count). The van der Waals surface area contributed by atoms with Crippen LogP contribution in [-0.4, -0.2) is 0 Å². The van der Waals surface area contributed by atoms with Crippen LogP contribution in [0.1, 0.15) is 22.3 Å². The van der Waals surface area contributed by atoms with Gasteiger partial charge in [0.15, 0.2) is 0 Å². The Hall–Kier alpha value is -2.38. The maximum atomic E-state index is 2.27. The van der Waals surface area contributed by atoms with Crippen molar-refractivity contribution in [1.29, 1.82) is 0 Å². The molecule has 0 bridgehead atoms. The summed E-state index contributed by atoms with van der Waals surface area (Å²) in [4.78, 5) is 1.40. The van der Waals surface area contributed by atoms with E-state index in [2.05, 4.69) is 88.4 Å². The van der Waals surface area contributed by atoms with Crippen LogP contribution in [0.3, 0.4) is 0 Å². The van der Waals surface area contributed by atoms with E-state index in [0.29, 0.717) is 0 Å². The van der Waals surface area contributed by atoms with Crippen molar-refractivity contribution in [3.8, 4) is 21.6 Å². The molecule has 0 radical (unpaired) electrons. The molecular formula is C24H22S. The molecule has 0 aliphatic heterocycles. The van der Waals surface area contributed by atoms with Crippen molar-refractivity contribution in [2.24, 2.45) is 0 Å². The molecule has 0 aliphatic carbocycles. The predicted molar refractivity (Wildman–Crippen MR) is 112 cm³/mol. The molecule has 0 spiro atoms. The maximum absolute atomic E-state index is 2.27. The van der Waals surface area contributed by atoms with E-state index in [9.17, 15) is 0 Å². The Morgan fingerprint density at radius 2 is 1.04 bits per heavy atom. The van der Waals surface area contributed by atoms with Gasteiger partial charge in [-0.1, -0.05) is 54.6 Å². The Balaban J connectivity index is 2.17. The number of benzene rings is 3. The molecular weight excluding hydrogens is 320 g/mol. The summed E-state index contributed by atoms with van der Waals surface area (Å²) >= 11 is 1.92. The van der Waals surface area contributed by atoms with E-state index in [1.165, 1.54) is 53.9 Å². The van der Waals surface area contributed by atoms with E-state index in [-0.39, 0.29) is 0 Å². The quantitative estimate of drug-likeness (QED) is 0.354. The molecule has 0 unspecified atom stereocenters. The highest BCUT2D eigenvalue weighted by molar-refractivity contribution is 7.23. The second-order valence-electron chi connectivity index (χ2n) is 6.84. The van der Waals surface area contributed by atoms with Gasteiger partial charge in [0.2, 0.25) is 0 Å². The largest absolute Gasteiger partial charge is 0.135 e. The first-order valence-corrected chi connectivity index (χ1v) is 9.54. The third-order valence-electron chi connectivity index (χ3n) is 5.03. The fourth-order valence-corrected chi connectivity index (χ4v) is 5.24. The normalized spacial score (nSPS) is 11.2. The molecule has 1 heteroatoms. The molecule has 0 saturated heterocycles. The molecule has 0 aliphatic rings. The van der Waals surface area contributed by atoms with E-state index < -0.39 is 0 Å².